The fraction of sp³-hybridized carbons (Fsp3) is 0.182. The number of fused-ring (bicyclic) bond motifs is 2. The van der Waals surface area contributed by atoms with Crippen molar-refractivity contribution in [2.24, 2.45) is 7.05 Å². The number of ketones is 2. The third kappa shape index (κ3) is 2.35. The second kappa shape index (κ2) is 5.85. The van der Waals surface area contributed by atoms with Crippen molar-refractivity contribution < 1.29 is 9.59 Å². The summed E-state index contributed by atoms with van der Waals surface area (Å²) in [6.07, 6.45) is 1.60. The molecule has 3 heteroatoms. The van der Waals surface area contributed by atoms with E-state index in [-0.39, 0.29) is 11.6 Å². The summed E-state index contributed by atoms with van der Waals surface area (Å²) in [4.78, 5) is 26.0. The van der Waals surface area contributed by atoms with Crippen molar-refractivity contribution in [1.82, 2.24) is 4.57 Å². The van der Waals surface area contributed by atoms with E-state index >= 15 is 0 Å². The van der Waals surface area contributed by atoms with Crippen LogP contribution in [0, 0.1) is 6.92 Å². The minimum atomic E-state index is -0.0539. The van der Waals surface area contributed by atoms with Gasteiger partial charge in [0, 0.05) is 23.9 Å². The monoisotopic (exact) mass is 329 g/mol. The van der Waals surface area contributed by atoms with Gasteiger partial charge in [-0.3, -0.25) is 9.59 Å². The largest absolute Gasteiger partial charge is 0.344 e. The first kappa shape index (κ1) is 15.6. The minimum absolute atomic E-state index is 0.0306. The van der Waals surface area contributed by atoms with Crippen LogP contribution in [-0.4, -0.2) is 16.1 Å². The molecule has 25 heavy (non-hydrogen) atoms. The van der Waals surface area contributed by atoms with Gasteiger partial charge in [-0.1, -0.05) is 54.6 Å². The molecule has 0 atom stereocenters. The molecule has 4 rings (SSSR count). The van der Waals surface area contributed by atoms with E-state index in [1.165, 1.54) is 5.56 Å². The zero-order valence-electron chi connectivity index (χ0n) is 14.4. The maximum Gasteiger partial charge on any atom is 0.210 e. The Morgan fingerprint density at radius 3 is 2.08 bits per heavy atom. The lowest BCUT2D eigenvalue weighted by atomic mass is 9.85. The van der Waals surface area contributed by atoms with Gasteiger partial charge in [0.2, 0.25) is 5.78 Å². The van der Waals surface area contributed by atoms with Gasteiger partial charge >= 0.3 is 0 Å². The molecule has 0 unspecified atom stereocenters. The zero-order chi connectivity index (χ0) is 17.6. The fourth-order valence-electron chi connectivity index (χ4n) is 3.73. The molecule has 1 aromatic heterocycles. The lowest BCUT2D eigenvalue weighted by Gasteiger charge is -2.16. The summed E-state index contributed by atoms with van der Waals surface area (Å²) in [7, 11) is 1.87. The summed E-state index contributed by atoms with van der Waals surface area (Å²) in [6, 6.07) is 17.3. The van der Waals surface area contributed by atoms with Gasteiger partial charge in [0.05, 0.1) is 5.56 Å². The highest BCUT2D eigenvalue weighted by molar-refractivity contribution is 6.28. The van der Waals surface area contributed by atoms with Crippen LogP contribution in [0.2, 0.25) is 0 Å². The van der Waals surface area contributed by atoms with Crippen molar-refractivity contribution in [3.05, 3.63) is 93.8 Å². The van der Waals surface area contributed by atoms with Crippen molar-refractivity contribution in [3.8, 4) is 0 Å². The Morgan fingerprint density at radius 2 is 1.40 bits per heavy atom. The molecule has 0 saturated heterocycles. The van der Waals surface area contributed by atoms with Crippen LogP contribution < -0.4 is 0 Å². The van der Waals surface area contributed by atoms with Crippen molar-refractivity contribution in [1.29, 1.82) is 0 Å². The summed E-state index contributed by atoms with van der Waals surface area (Å²) < 4.78 is 1.88. The van der Waals surface area contributed by atoms with Crippen LogP contribution >= 0.6 is 0 Å². The molecule has 2 aromatic carbocycles. The molecular weight excluding hydrogens is 310 g/mol. The Balaban J connectivity index is 1.81. The van der Waals surface area contributed by atoms with Gasteiger partial charge in [0.15, 0.2) is 5.78 Å². The van der Waals surface area contributed by atoms with E-state index in [9.17, 15) is 9.59 Å². The van der Waals surface area contributed by atoms with Gasteiger partial charge in [-0.25, -0.2) is 0 Å². The van der Waals surface area contributed by atoms with Crippen LogP contribution in [0.3, 0.4) is 0 Å². The van der Waals surface area contributed by atoms with Crippen LogP contribution in [0.1, 0.15) is 48.8 Å². The summed E-state index contributed by atoms with van der Waals surface area (Å²) in [6.45, 7) is 1.99. The molecule has 1 heterocycles. The Bertz CT molecular complexity index is 996. The lowest BCUT2D eigenvalue weighted by molar-refractivity contribution is 0.0973. The third-order valence-corrected chi connectivity index (χ3v) is 5.18. The van der Waals surface area contributed by atoms with E-state index in [2.05, 4.69) is 12.1 Å². The van der Waals surface area contributed by atoms with Crippen LogP contribution in [0.4, 0.5) is 0 Å². The lowest BCUT2D eigenvalue weighted by Crippen LogP contribution is -2.22. The summed E-state index contributed by atoms with van der Waals surface area (Å²) in [5.74, 6) is -0.0845. The zero-order valence-corrected chi connectivity index (χ0v) is 14.4. The highest BCUT2D eigenvalue weighted by Crippen LogP contribution is 2.33. The van der Waals surface area contributed by atoms with Crippen molar-refractivity contribution in [3.63, 3.8) is 0 Å². The number of aryl methyl sites for hydroxylation is 1. The predicted molar refractivity (Wildman–Crippen MR) is 97.3 cm³/mol. The first-order valence-corrected chi connectivity index (χ1v) is 8.50. The molecular formula is C22H19NO2. The number of carbonyl (C=O) groups is 2. The molecule has 0 bridgehead atoms. The van der Waals surface area contributed by atoms with Crippen LogP contribution in [0.15, 0.2) is 54.6 Å². The van der Waals surface area contributed by atoms with E-state index in [4.69, 9.17) is 0 Å². The van der Waals surface area contributed by atoms with Crippen molar-refractivity contribution in [2.45, 2.75) is 19.8 Å². The van der Waals surface area contributed by atoms with Gasteiger partial charge in [-0.2, -0.15) is 0 Å². The van der Waals surface area contributed by atoms with Crippen molar-refractivity contribution in [2.75, 3.05) is 0 Å². The minimum Gasteiger partial charge on any atom is -0.344 e. The first-order chi connectivity index (χ1) is 12.1. The molecule has 0 radical (unpaired) electrons. The van der Waals surface area contributed by atoms with E-state index in [0.29, 0.717) is 22.4 Å². The summed E-state index contributed by atoms with van der Waals surface area (Å²) in [5, 5.41) is 0. The average molecular weight is 329 g/mol. The van der Waals surface area contributed by atoms with Crippen LogP contribution in [0.5, 0.6) is 0 Å². The summed E-state index contributed by atoms with van der Waals surface area (Å²) >= 11 is 0. The quantitative estimate of drug-likeness (QED) is 0.572. The SMILES string of the molecule is Cc1c(CCc2ccccc2)c2c(n1C)C(=O)c1ccccc1C2=O. The number of nitrogens with zero attached hydrogens (tertiary/aromatic N) is 1. The van der Waals surface area contributed by atoms with Gasteiger partial charge in [-0.15, -0.1) is 0 Å². The second-order valence-electron chi connectivity index (χ2n) is 6.54. The molecule has 0 fully saturated rings. The molecule has 1 aliphatic rings. The number of aromatic nitrogens is 1. The molecule has 0 aliphatic heterocycles. The Hall–Kier alpha value is -2.94. The topological polar surface area (TPSA) is 39.1 Å². The molecule has 1 aliphatic carbocycles. The Morgan fingerprint density at radius 1 is 0.800 bits per heavy atom. The Kier molecular flexibility index (Phi) is 3.65. The number of hydrogen-bond donors (Lipinski definition) is 0. The normalized spacial score (nSPS) is 12.9. The maximum atomic E-state index is 13.1. The number of benzene rings is 2. The van der Waals surface area contributed by atoms with E-state index in [0.717, 1.165) is 24.1 Å². The molecule has 124 valence electrons. The summed E-state index contributed by atoms with van der Waals surface area (Å²) in [5.41, 5.74) is 5.38. The molecule has 3 aromatic rings. The van der Waals surface area contributed by atoms with E-state index < -0.39 is 0 Å². The average Bonchev–Trinajstić information content (AvgIpc) is 2.90. The van der Waals surface area contributed by atoms with Crippen LogP contribution in [-0.2, 0) is 19.9 Å². The molecule has 0 saturated carbocycles. The molecule has 0 N–H and O–H groups in total. The highest BCUT2D eigenvalue weighted by Gasteiger charge is 2.35. The van der Waals surface area contributed by atoms with Gasteiger partial charge < -0.3 is 4.57 Å². The van der Waals surface area contributed by atoms with Crippen molar-refractivity contribution >= 4 is 11.6 Å². The smallest absolute Gasteiger partial charge is 0.210 e. The molecule has 0 spiro atoms. The Labute approximate surface area is 146 Å². The number of rotatable bonds is 3. The van der Waals surface area contributed by atoms with Gasteiger partial charge in [0.1, 0.15) is 5.69 Å². The number of carbonyl (C=O) groups excluding carboxylic acids is 2. The van der Waals surface area contributed by atoms with E-state index in [1.54, 1.807) is 18.2 Å². The third-order valence-electron chi connectivity index (χ3n) is 5.18. The number of hydrogen-bond acceptors (Lipinski definition) is 2. The maximum absolute atomic E-state index is 13.1. The van der Waals surface area contributed by atoms with Crippen LogP contribution in [0.25, 0.3) is 0 Å². The molecule has 0 amide bonds. The van der Waals surface area contributed by atoms with Gasteiger partial charge in [-0.05, 0) is 30.9 Å². The fourth-order valence-corrected chi connectivity index (χ4v) is 3.73. The van der Waals surface area contributed by atoms with Gasteiger partial charge in [0.25, 0.3) is 0 Å². The predicted octanol–water partition coefficient (Wildman–Crippen LogP) is 3.89. The second-order valence-corrected chi connectivity index (χ2v) is 6.54. The standard InChI is InChI=1S/C22H19NO2/c1-14-16(13-12-15-8-4-3-5-9-15)19-20(23(14)2)22(25)18-11-7-6-10-17(18)21(19)24/h3-11H,12-13H2,1-2H3. The first-order valence-electron chi connectivity index (χ1n) is 8.50. The van der Waals surface area contributed by atoms with E-state index in [1.807, 2.05) is 42.8 Å². The molecule has 3 nitrogen and oxygen atoms in total. The highest BCUT2D eigenvalue weighted by atomic mass is 16.1.